The summed E-state index contributed by atoms with van der Waals surface area (Å²) in [7, 11) is 0. The summed E-state index contributed by atoms with van der Waals surface area (Å²) in [5, 5.41) is 13.4. The second-order valence-electron chi connectivity index (χ2n) is 5.87. The molecule has 1 aliphatic rings. The van der Waals surface area contributed by atoms with Crippen LogP contribution in [0.4, 0.5) is 0 Å². The number of carbonyl (C=O) groups excluding carboxylic acids is 1. The Labute approximate surface area is 159 Å². The number of carbonyl (C=O) groups is 1. The van der Waals surface area contributed by atoms with Gasteiger partial charge in [0.2, 0.25) is 5.91 Å². The molecule has 2 rings (SSSR count). The van der Waals surface area contributed by atoms with E-state index in [4.69, 9.17) is 26.1 Å². The third-order valence-corrected chi connectivity index (χ3v) is 4.03. The second-order valence-corrected chi connectivity index (χ2v) is 5.87. The van der Waals surface area contributed by atoms with E-state index >= 15 is 0 Å². The number of nitrogens with zero attached hydrogens (tertiary/aromatic N) is 9. The third kappa shape index (κ3) is 5.52. The number of amides is 1. The van der Waals surface area contributed by atoms with Gasteiger partial charge in [-0.25, -0.2) is 0 Å². The van der Waals surface area contributed by atoms with Crippen molar-refractivity contribution < 1.29 is 14.3 Å². The van der Waals surface area contributed by atoms with Crippen LogP contribution in [0.1, 0.15) is 12.5 Å². The summed E-state index contributed by atoms with van der Waals surface area (Å²) >= 11 is 0. The van der Waals surface area contributed by atoms with Crippen molar-refractivity contribution in [3.63, 3.8) is 0 Å². The molecule has 5 atom stereocenters. The first-order valence-electron chi connectivity index (χ1n) is 8.28. The van der Waals surface area contributed by atoms with Crippen molar-refractivity contribution in [1.82, 2.24) is 5.32 Å². The van der Waals surface area contributed by atoms with Crippen LogP contribution in [-0.2, 0) is 20.9 Å². The minimum Gasteiger partial charge on any atom is -0.352 e. The lowest BCUT2D eigenvalue weighted by molar-refractivity contribution is -0.216. The van der Waals surface area contributed by atoms with E-state index in [2.05, 4.69) is 35.4 Å². The Morgan fingerprint density at radius 1 is 1.14 bits per heavy atom. The van der Waals surface area contributed by atoms with Gasteiger partial charge < -0.3 is 14.8 Å². The lowest BCUT2D eigenvalue weighted by Crippen LogP contribution is -2.63. The van der Waals surface area contributed by atoms with Crippen LogP contribution in [0.25, 0.3) is 31.3 Å². The van der Waals surface area contributed by atoms with Gasteiger partial charge in [-0.1, -0.05) is 45.7 Å². The van der Waals surface area contributed by atoms with E-state index in [-0.39, 0.29) is 13.2 Å². The van der Waals surface area contributed by atoms with E-state index in [9.17, 15) is 4.79 Å². The van der Waals surface area contributed by atoms with Crippen molar-refractivity contribution in [2.24, 2.45) is 15.3 Å². The van der Waals surface area contributed by atoms with Gasteiger partial charge in [0.05, 0.1) is 31.3 Å². The van der Waals surface area contributed by atoms with E-state index in [1.165, 1.54) is 6.92 Å². The van der Waals surface area contributed by atoms with Crippen molar-refractivity contribution in [1.29, 1.82) is 0 Å². The first-order chi connectivity index (χ1) is 13.6. The number of rotatable bonds is 8. The normalized spacial score (nSPS) is 26.1. The molecule has 1 aromatic rings. The van der Waals surface area contributed by atoms with Crippen LogP contribution in [0.3, 0.4) is 0 Å². The van der Waals surface area contributed by atoms with E-state index in [1.54, 1.807) is 0 Å². The van der Waals surface area contributed by atoms with Gasteiger partial charge in [0.15, 0.2) is 6.29 Å². The van der Waals surface area contributed by atoms with Crippen molar-refractivity contribution in [2.75, 3.05) is 6.54 Å². The molecule has 0 aromatic heterocycles. The lowest BCUT2D eigenvalue weighted by atomic mass is 9.92. The van der Waals surface area contributed by atoms with Gasteiger partial charge in [-0.15, -0.1) is 0 Å². The quantitative estimate of drug-likeness (QED) is 0.408. The number of ether oxygens (including phenoxy) is 2. The van der Waals surface area contributed by atoms with Gasteiger partial charge in [0, 0.05) is 21.7 Å². The number of nitrogens with one attached hydrogen (secondary N) is 1. The highest BCUT2D eigenvalue weighted by molar-refractivity contribution is 5.73. The largest absolute Gasteiger partial charge is 0.352 e. The van der Waals surface area contributed by atoms with Crippen molar-refractivity contribution in [3.8, 4) is 0 Å². The van der Waals surface area contributed by atoms with Crippen LogP contribution >= 0.6 is 0 Å². The van der Waals surface area contributed by atoms with Crippen LogP contribution in [0.15, 0.2) is 45.7 Å². The Kier molecular flexibility index (Phi) is 7.92. The van der Waals surface area contributed by atoms with Gasteiger partial charge in [0.1, 0.15) is 6.04 Å². The van der Waals surface area contributed by atoms with Gasteiger partial charge in [-0.2, -0.15) is 0 Å². The fourth-order valence-corrected chi connectivity index (χ4v) is 2.89. The Balaban J connectivity index is 2.34. The lowest BCUT2D eigenvalue weighted by Gasteiger charge is -2.43. The average Bonchev–Trinajstić information content (AvgIpc) is 2.69. The van der Waals surface area contributed by atoms with Crippen molar-refractivity contribution in [2.45, 2.75) is 44.1 Å². The summed E-state index contributed by atoms with van der Waals surface area (Å²) in [6, 6.07) is 6.35. The molecule has 1 N–H and O–H groups in total. The highest BCUT2D eigenvalue weighted by atomic mass is 16.7. The number of azide groups is 3. The zero-order valence-electron chi connectivity index (χ0n) is 14.9. The molecule has 0 radical (unpaired) electrons. The van der Waals surface area contributed by atoms with E-state index < -0.39 is 36.4 Å². The first-order valence-corrected chi connectivity index (χ1v) is 8.28. The monoisotopic (exact) mass is 386 g/mol. The summed E-state index contributed by atoms with van der Waals surface area (Å²) in [5.41, 5.74) is 27.3. The summed E-state index contributed by atoms with van der Waals surface area (Å²) in [6.45, 7) is 1.26. The molecule has 13 nitrogen and oxygen atoms in total. The average molecular weight is 386 g/mol. The van der Waals surface area contributed by atoms with Gasteiger partial charge in [-0.3, -0.25) is 4.79 Å². The molecule has 1 aliphatic heterocycles. The zero-order chi connectivity index (χ0) is 20.4. The Morgan fingerprint density at radius 3 is 2.43 bits per heavy atom. The topological polar surface area (TPSA) is 194 Å². The highest BCUT2D eigenvalue weighted by Crippen LogP contribution is 2.28. The van der Waals surface area contributed by atoms with Crippen LogP contribution in [0.5, 0.6) is 0 Å². The fraction of sp³-hybridized carbons (Fsp3) is 0.533. The Morgan fingerprint density at radius 2 is 1.82 bits per heavy atom. The summed E-state index contributed by atoms with van der Waals surface area (Å²) in [6.07, 6.45) is -1.94. The van der Waals surface area contributed by atoms with E-state index in [0.29, 0.717) is 0 Å². The van der Waals surface area contributed by atoms with Gasteiger partial charge in [-0.05, 0) is 22.2 Å². The maximum Gasteiger partial charge on any atom is 0.217 e. The summed E-state index contributed by atoms with van der Waals surface area (Å²) in [5.74, 6) is -0.424. The molecule has 1 saturated heterocycles. The molecule has 0 aliphatic carbocycles. The highest BCUT2D eigenvalue weighted by Gasteiger charge is 2.46. The molecule has 1 aromatic carbocycles. The van der Waals surface area contributed by atoms with E-state index in [1.807, 2.05) is 30.3 Å². The van der Waals surface area contributed by atoms with E-state index in [0.717, 1.165) is 5.56 Å². The molecule has 1 amide bonds. The standard InChI is InChI=1S/C15H18N10O3/c1-9(26)20-13-12(21-24-17)11(7-19-23-16)28-15(14(13)22-25-18)27-8-10-5-3-2-4-6-10/h2-6,11-15H,7-8H2,1H3,(H,20,26)/t11-,12-,13+,14+,15-/m0/s1. The number of hydrogen-bond donors (Lipinski definition) is 1. The summed E-state index contributed by atoms with van der Waals surface area (Å²) in [4.78, 5) is 19.9. The zero-order valence-corrected chi connectivity index (χ0v) is 14.9. The molecule has 0 spiro atoms. The second kappa shape index (κ2) is 10.6. The number of hydrogen-bond acceptors (Lipinski definition) is 6. The maximum absolute atomic E-state index is 11.7. The molecule has 28 heavy (non-hydrogen) atoms. The van der Waals surface area contributed by atoms with Crippen LogP contribution < -0.4 is 5.32 Å². The molecule has 0 unspecified atom stereocenters. The van der Waals surface area contributed by atoms with Crippen LogP contribution in [0.2, 0.25) is 0 Å². The minimum absolute atomic E-state index is 0.149. The molecule has 146 valence electrons. The van der Waals surface area contributed by atoms with Gasteiger partial charge >= 0.3 is 0 Å². The third-order valence-electron chi connectivity index (χ3n) is 4.03. The van der Waals surface area contributed by atoms with Gasteiger partial charge in [0.25, 0.3) is 0 Å². The predicted molar refractivity (Wildman–Crippen MR) is 97.4 cm³/mol. The SMILES string of the molecule is CC(=O)N[C@@H]1[C@@H](N=[N+]=[N-])[C@H](CN=[N+]=[N-])O[C@H](OCc2ccccc2)[C@@H]1N=[N+]=[N-]. The predicted octanol–water partition coefficient (Wildman–Crippen LogP) is 3.10. The van der Waals surface area contributed by atoms with Crippen molar-refractivity contribution in [3.05, 3.63) is 67.2 Å². The molecule has 13 heteroatoms. The smallest absolute Gasteiger partial charge is 0.217 e. The Bertz CT molecular complexity index is 815. The molecular weight excluding hydrogens is 368 g/mol. The fourth-order valence-electron chi connectivity index (χ4n) is 2.89. The first kappa shape index (κ1) is 20.8. The molecule has 0 saturated carbocycles. The maximum atomic E-state index is 11.7. The van der Waals surface area contributed by atoms with Crippen molar-refractivity contribution >= 4 is 5.91 Å². The molecule has 1 heterocycles. The van der Waals surface area contributed by atoms with Crippen LogP contribution in [-0.4, -0.2) is 43.0 Å². The summed E-state index contributed by atoms with van der Waals surface area (Å²) < 4.78 is 11.6. The minimum atomic E-state index is -1.06. The van der Waals surface area contributed by atoms with Crippen LogP contribution in [0, 0.1) is 0 Å². The molecule has 0 bridgehead atoms. The molecular formula is C15H18N10O3. The Hall–Kier alpha value is -3.46. The molecule has 1 fully saturated rings. The number of benzene rings is 1.